The second-order valence-corrected chi connectivity index (χ2v) is 5.21. The van der Waals surface area contributed by atoms with E-state index < -0.39 is 0 Å². The second kappa shape index (κ2) is 4.49. The normalized spacial score (nSPS) is 15.1. The zero-order chi connectivity index (χ0) is 13.5. The van der Waals surface area contributed by atoms with Crippen molar-refractivity contribution in [3.63, 3.8) is 0 Å². The molecule has 0 amide bonds. The Balaban J connectivity index is 1.69. The first-order valence-corrected chi connectivity index (χ1v) is 6.79. The van der Waals surface area contributed by atoms with Gasteiger partial charge in [-0.3, -0.25) is 0 Å². The van der Waals surface area contributed by atoms with Crippen LogP contribution in [0.25, 0.3) is 22.3 Å². The average molecular weight is 271 g/mol. The molecule has 3 aromatic rings. The number of rotatable bonds is 4. The van der Waals surface area contributed by atoms with Crippen molar-refractivity contribution in [2.24, 2.45) is 0 Å². The lowest BCUT2D eigenvalue weighted by molar-refractivity contribution is 0.481. The predicted octanol–water partition coefficient (Wildman–Crippen LogP) is 4.08. The topological polar surface area (TPSA) is 38.3 Å². The van der Waals surface area contributed by atoms with Crippen LogP contribution in [0.4, 0.5) is 4.39 Å². The lowest BCUT2D eigenvalue weighted by Gasteiger charge is -2.01. The molecule has 20 heavy (non-hydrogen) atoms. The van der Waals surface area contributed by atoms with E-state index >= 15 is 0 Å². The molecule has 4 heteroatoms. The van der Waals surface area contributed by atoms with Crippen molar-refractivity contribution < 1.29 is 13.2 Å². The molecule has 2 aromatic heterocycles. The maximum absolute atomic E-state index is 13.2. The van der Waals surface area contributed by atoms with Crippen molar-refractivity contribution in [2.75, 3.05) is 0 Å². The second-order valence-electron chi connectivity index (χ2n) is 5.21. The molecule has 0 spiro atoms. The van der Waals surface area contributed by atoms with Gasteiger partial charge in [-0.25, -0.2) is 4.39 Å². The molecule has 3 nitrogen and oxygen atoms in total. The number of hydrogen-bond donors (Lipinski definition) is 1. The first kappa shape index (κ1) is 11.7. The van der Waals surface area contributed by atoms with Crippen LogP contribution in [0.15, 0.2) is 45.4 Å². The van der Waals surface area contributed by atoms with Gasteiger partial charge in [-0.1, -0.05) is 0 Å². The summed E-state index contributed by atoms with van der Waals surface area (Å²) in [6.45, 7) is 0.693. The van der Waals surface area contributed by atoms with Crippen molar-refractivity contribution >= 4 is 11.0 Å². The van der Waals surface area contributed by atoms with Crippen molar-refractivity contribution in [2.45, 2.75) is 25.4 Å². The Bertz CT molecular complexity index is 755. The number of nitrogens with one attached hydrogen (secondary N) is 1. The molecule has 1 aromatic carbocycles. The van der Waals surface area contributed by atoms with Gasteiger partial charge in [0.25, 0.3) is 0 Å². The van der Waals surface area contributed by atoms with Gasteiger partial charge in [-0.15, -0.1) is 0 Å². The third-order valence-electron chi connectivity index (χ3n) is 3.62. The number of benzene rings is 1. The Morgan fingerprint density at radius 2 is 2.10 bits per heavy atom. The summed E-state index contributed by atoms with van der Waals surface area (Å²) < 4.78 is 24.5. The smallest absolute Gasteiger partial charge is 0.138 e. The van der Waals surface area contributed by atoms with Gasteiger partial charge in [0.2, 0.25) is 0 Å². The highest BCUT2D eigenvalue weighted by Gasteiger charge is 2.22. The minimum atomic E-state index is -0.257. The van der Waals surface area contributed by atoms with E-state index in [0.29, 0.717) is 23.9 Å². The highest BCUT2D eigenvalue weighted by atomic mass is 19.1. The molecule has 1 aliphatic carbocycles. The minimum Gasteiger partial charge on any atom is -0.467 e. The Kier molecular flexibility index (Phi) is 2.63. The molecule has 0 radical (unpaired) electrons. The molecule has 2 heterocycles. The van der Waals surface area contributed by atoms with Crippen molar-refractivity contribution in [3.8, 4) is 11.3 Å². The van der Waals surface area contributed by atoms with Crippen LogP contribution >= 0.6 is 0 Å². The van der Waals surface area contributed by atoms with Crippen molar-refractivity contribution in [1.29, 1.82) is 0 Å². The Labute approximate surface area is 115 Å². The van der Waals surface area contributed by atoms with Gasteiger partial charge < -0.3 is 14.2 Å². The van der Waals surface area contributed by atoms with Gasteiger partial charge in [0, 0.05) is 11.4 Å². The van der Waals surface area contributed by atoms with E-state index in [1.807, 2.05) is 12.1 Å². The summed E-state index contributed by atoms with van der Waals surface area (Å²) in [5, 5.41) is 4.18. The van der Waals surface area contributed by atoms with Crippen LogP contribution in [-0.4, -0.2) is 6.04 Å². The summed E-state index contributed by atoms with van der Waals surface area (Å²) in [6.07, 6.45) is 4.13. The van der Waals surface area contributed by atoms with Crippen LogP contribution in [0.3, 0.4) is 0 Å². The lowest BCUT2D eigenvalue weighted by Crippen LogP contribution is -2.15. The van der Waals surface area contributed by atoms with Crippen LogP contribution in [0.5, 0.6) is 0 Å². The molecule has 4 rings (SSSR count). The molecular formula is C16H14FNO2. The van der Waals surface area contributed by atoms with Crippen molar-refractivity contribution in [1.82, 2.24) is 5.32 Å². The molecule has 0 atom stereocenters. The van der Waals surface area contributed by atoms with E-state index in [1.54, 1.807) is 12.3 Å². The zero-order valence-electron chi connectivity index (χ0n) is 10.9. The third-order valence-corrected chi connectivity index (χ3v) is 3.62. The number of furan rings is 2. The molecule has 102 valence electrons. The highest BCUT2D eigenvalue weighted by molar-refractivity contribution is 5.83. The molecule has 0 aliphatic heterocycles. The van der Waals surface area contributed by atoms with E-state index in [0.717, 1.165) is 16.7 Å². The standard InChI is InChI=1S/C16H14FNO2/c17-11-1-4-14-10(7-11)8-15(20-14)13-5-6-19-16(13)9-18-12-2-3-12/h1,4-8,12,18H,2-3,9H2. The maximum atomic E-state index is 13.2. The molecule has 1 fully saturated rings. The van der Waals surface area contributed by atoms with Crippen LogP contribution in [0.2, 0.25) is 0 Å². The summed E-state index contributed by atoms with van der Waals surface area (Å²) >= 11 is 0. The predicted molar refractivity (Wildman–Crippen MR) is 73.7 cm³/mol. The Hall–Kier alpha value is -2.07. The fourth-order valence-corrected chi connectivity index (χ4v) is 2.37. The van der Waals surface area contributed by atoms with Crippen LogP contribution in [0.1, 0.15) is 18.6 Å². The number of fused-ring (bicyclic) bond motifs is 1. The average Bonchev–Trinajstić information content (AvgIpc) is 2.99. The molecular weight excluding hydrogens is 257 g/mol. The molecule has 0 bridgehead atoms. The van der Waals surface area contributed by atoms with E-state index in [4.69, 9.17) is 8.83 Å². The fourth-order valence-electron chi connectivity index (χ4n) is 2.37. The molecule has 1 aliphatic rings. The summed E-state index contributed by atoms with van der Waals surface area (Å²) in [5.74, 6) is 1.32. The maximum Gasteiger partial charge on any atom is 0.138 e. The first-order valence-electron chi connectivity index (χ1n) is 6.79. The zero-order valence-corrected chi connectivity index (χ0v) is 10.9. The van der Waals surface area contributed by atoms with Crippen molar-refractivity contribution in [3.05, 3.63) is 48.2 Å². The van der Waals surface area contributed by atoms with E-state index in [9.17, 15) is 4.39 Å². The highest BCUT2D eigenvalue weighted by Crippen LogP contribution is 2.31. The minimum absolute atomic E-state index is 0.257. The first-order chi connectivity index (χ1) is 9.79. The van der Waals surface area contributed by atoms with Gasteiger partial charge in [0.05, 0.1) is 18.4 Å². The summed E-state index contributed by atoms with van der Waals surface area (Å²) in [6, 6.07) is 8.89. The van der Waals surface area contributed by atoms with Gasteiger partial charge in [0.15, 0.2) is 0 Å². The summed E-state index contributed by atoms with van der Waals surface area (Å²) in [7, 11) is 0. The molecule has 1 saturated carbocycles. The number of hydrogen-bond acceptors (Lipinski definition) is 3. The SMILES string of the molecule is Fc1ccc2oc(-c3ccoc3CNC3CC3)cc2c1. The van der Waals surface area contributed by atoms with E-state index in [1.165, 1.54) is 25.0 Å². The van der Waals surface area contributed by atoms with Crippen LogP contribution in [-0.2, 0) is 6.54 Å². The summed E-state index contributed by atoms with van der Waals surface area (Å²) in [4.78, 5) is 0. The van der Waals surface area contributed by atoms with Gasteiger partial charge in [0.1, 0.15) is 22.9 Å². The van der Waals surface area contributed by atoms with Crippen LogP contribution < -0.4 is 5.32 Å². The number of halogens is 1. The summed E-state index contributed by atoms with van der Waals surface area (Å²) in [5.41, 5.74) is 1.61. The Morgan fingerprint density at radius 3 is 2.95 bits per heavy atom. The van der Waals surface area contributed by atoms with Gasteiger partial charge in [-0.05, 0) is 43.2 Å². The third kappa shape index (κ3) is 2.12. The molecule has 0 saturated heterocycles. The monoisotopic (exact) mass is 271 g/mol. The fraction of sp³-hybridized carbons (Fsp3) is 0.250. The van der Waals surface area contributed by atoms with Gasteiger partial charge >= 0.3 is 0 Å². The van der Waals surface area contributed by atoms with E-state index in [-0.39, 0.29) is 5.82 Å². The Morgan fingerprint density at radius 1 is 1.20 bits per heavy atom. The lowest BCUT2D eigenvalue weighted by atomic mass is 10.1. The molecule has 0 unspecified atom stereocenters. The quantitative estimate of drug-likeness (QED) is 0.777. The van der Waals surface area contributed by atoms with Crippen LogP contribution in [0, 0.1) is 5.82 Å². The van der Waals surface area contributed by atoms with E-state index in [2.05, 4.69) is 5.32 Å². The van der Waals surface area contributed by atoms with Gasteiger partial charge in [-0.2, -0.15) is 0 Å². The molecule has 1 N–H and O–H groups in total. The largest absolute Gasteiger partial charge is 0.467 e.